The smallest absolute Gasteiger partial charge is 0.250 e. The lowest BCUT2D eigenvalue weighted by Crippen LogP contribution is -2.45. The maximum Gasteiger partial charge on any atom is 0.250 e. The minimum absolute atomic E-state index is 0.00894. The lowest BCUT2D eigenvalue weighted by atomic mass is 9.74. The molecule has 0 unspecified atom stereocenters. The highest BCUT2D eigenvalue weighted by Crippen LogP contribution is 2.51. The largest absolute Gasteiger partial charge is 0.327 e. The second kappa shape index (κ2) is 7.39. The molecule has 2 nitrogen and oxygen atoms in total. The number of nitrogens with zero attached hydrogens (tertiary/aromatic N) is 1. The first-order valence-electron chi connectivity index (χ1n) is 7.26. The molecule has 0 radical (unpaired) electrons. The molecular formula is C14H30F2N2. The molecular weight excluding hydrogens is 234 g/mol. The molecule has 18 heavy (non-hydrogen) atoms. The highest BCUT2D eigenvalue weighted by Gasteiger charge is 2.54. The van der Waals surface area contributed by atoms with Crippen molar-refractivity contribution in [3.8, 4) is 0 Å². The monoisotopic (exact) mass is 264 g/mol. The van der Waals surface area contributed by atoms with Gasteiger partial charge in [-0.05, 0) is 38.4 Å². The summed E-state index contributed by atoms with van der Waals surface area (Å²) in [6.07, 6.45) is 1.56. The van der Waals surface area contributed by atoms with E-state index >= 15 is 0 Å². The first-order valence-corrected chi connectivity index (χ1v) is 7.26. The van der Waals surface area contributed by atoms with E-state index in [4.69, 9.17) is 5.73 Å². The van der Waals surface area contributed by atoms with Gasteiger partial charge in [0, 0.05) is 18.9 Å². The van der Waals surface area contributed by atoms with E-state index in [1.807, 2.05) is 34.7 Å². The molecule has 1 saturated carbocycles. The van der Waals surface area contributed by atoms with E-state index in [1.54, 1.807) is 0 Å². The van der Waals surface area contributed by atoms with Crippen LogP contribution in [-0.2, 0) is 0 Å². The first-order chi connectivity index (χ1) is 8.44. The number of alkyl halides is 2. The molecule has 2 aliphatic rings. The summed E-state index contributed by atoms with van der Waals surface area (Å²) in [6, 6.07) is -0.300. The van der Waals surface area contributed by atoms with Crippen LogP contribution in [0.4, 0.5) is 8.78 Å². The van der Waals surface area contributed by atoms with Crippen LogP contribution in [0.1, 0.15) is 53.4 Å². The van der Waals surface area contributed by atoms with Crippen molar-refractivity contribution in [2.45, 2.75) is 65.3 Å². The Balaban J connectivity index is 0.000000659. The number of hydrogen-bond acceptors (Lipinski definition) is 2. The molecule has 0 amide bonds. The lowest BCUT2D eigenvalue weighted by molar-refractivity contribution is -0.0121. The molecule has 0 aromatic rings. The molecule has 0 bridgehead atoms. The van der Waals surface area contributed by atoms with Gasteiger partial charge in [0.2, 0.25) is 5.92 Å². The van der Waals surface area contributed by atoms with Gasteiger partial charge < -0.3 is 10.6 Å². The molecule has 110 valence electrons. The zero-order chi connectivity index (χ0) is 14.4. The Morgan fingerprint density at radius 3 is 1.83 bits per heavy atom. The molecule has 1 aliphatic heterocycles. The van der Waals surface area contributed by atoms with Crippen LogP contribution in [0.5, 0.6) is 0 Å². The Hall–Kier alpha value is -0.220. The minimum Gasteiger partial charge on any atom is -0.327 e. The predicted molar refractivity (Wildman–Crippen MR) is 74.0 cm³/mol. The summed E-state index contributed by atoms with van der Waals surface area (Å²) in [5, 5.41) is 0. The normalized spacial score (nSPS) is 29.0. The minimum atomic E-state index is -2.52. The molecule has 2 rings (SSSR count). The average molecular weight is 264 g/mol. The summed E-state index contributed by atoms with van der Waals surface area (Å²) in [7, 11) is 2.03. The first kappa shape index (κ1) is 17.8. The van der Waals surface area contributed by atoms with E-state index in [1.165, 1.54) is 0 Å². The Kier molecular flexibility index (Phi) is 7.30. The Morgan fingerprint density at radius 2 is 1.50 bits per heavy atom. The third-order valence-corrected chi connectivity index (χ3v) is 3.90. The van der Waals surface area contributed by atoms with Gasteiger partial charge in [0.25, 0.3) is 0 Å². The van der Waals surface area contributed by atoms with Crippen LogP contribution in [0.25, 0.3) is 0 Å². The van der Waals surface area contributed by atoms with Crippen molar-refractivity contribution < 1.29 is 8.78 Å². The number of hydrogen-bond donors (Lipinski definition) is 1. The summed E-state index contributed by atoms with van der Waals surface area (Å²) in [4.78, 5) is 2.19. The highest BCUT2D eigenvalue weighted by atomic mass is 19.3. The molecule has 0 aromatic heterocycles. The average Bonchev–Trinajstić information content (AvgIpc) is 2.58. The second-order valence-corrected chi connectivity index (χ2v) is 5.01. The Labute approximate surface area is 111 Å². The molecule has 1 spiro atoms. The van der Waals surface area contributed by atoms with Crippen LogP contribution in [0.3, 0.4) is 0 Å². The van der Waals surface area contributed by atoms with Crippen LogP contribution in [0, 0.1) is 5.41 Å². The van der Waals surface area contributed by atoms with Gasteiger partial charge in [-0.1, -0.05) is 27.7 Å². The van der Waals surface area contributed by atoms with Gasteiger partial charge in [-0.3, -0.25) is 0 Å². The van der Waals surface area contributed by atoms with Gasteiger partial charge in [-0.15, -0.1) is 0 Å². The molecule has 2 N–H and O–H groups in total. The number of piperidine rings is 1. The van der Waals surface area contributed by atoms with Crippen molar-refractivity contribution in [3.05, 3.63) is 0 Å². The van der Waals surface area contributed by atoms with Crippen molar-refractivity contribution in [3.63, 3.8) is 0 Å². The van der Waals surface area contributed by atoms with Crippen LogP contribution >= 0.6 is 0 Å². The predicted octanol–water partition coefficient (Wildman–Crippen LogP) is 3.51. The third kappa shape index (κ3) is 4.16. The molecule has 4 heteroatoms. The number of rotatable bonds is 0. The molecule has 1 saturated heterocycles. The zero-order valence-electron chi connectivity index (χ0n) is 12.6. The maximum atomic E-state index is 13.2. The number of halogens is 2. The van der Waals surface area contributed by atoms with Gasteiger partial charge in [0.05, 0.1) is 0 Å². The van der Waals surface area contributed by atoms with E-state index in [0.29, 0.717) is 0 Å². The van der Waals surface area contributed by atoms with E-state index < -0.39 is 5.92 Å². The van der Waals surface area contributed by atoms with E-state index in [-0.39, 0.29) is 24.3 Å². The van der Waals surface area contributed by atoms with Crippen molar-refractivity contribution in [2.75, 3.05) is 20.1 Å². The topological polar surface area (TPSA) is 29.3 Å². The third-order valence-electron chi connectivity index (χ3n) is 3.90. The van der Waals surface area contributed by atoms with E-state index in [9.17, 15) is 8.78 Å². The highest BCUT2D eigenvalue weighted by molar-refractivity contribution is 5.03. The SMILES string of the molecule is CC.CC.CN1CCC2(CC1)CC(F)(F)C[C@H]2N. The zero-order valence-corrected chi connectivity index (χ0v) is 12.6. The summed E-state index contributed by atoms with van der Waals surface area (Å²) < 4.78 is 26.5. The van der Waals surface area contributed by atoms with Gasteiger partial charge in [0.1, 0.15) is 0 Å². The Morgan fingerprint density at radius 1 is 1.06 bits per heavy atom. The lowest BCUT2D eigenvalue weighted by Gasteiger charge is -2.40. The van der Waals surface area contributed by atoms with Crippen LogP contribution in [-0.4, -0.2) is 37.0 Å². The molecule has 1 heterocycles. The van der Waals surface area contributed by atoms with Crippen molar-refractivity contribution in [1.82, 2.24) is 4.90 Å². The van der Waals surface area contributed by atoms with E-state index in [2.05, 4.69) is 4.90 Å². The van der Waals surface area contributed by atoms with Crippen molar-refractivity contribution in [2.24, 2.45) is 11.1 Å². The fourth-order valence-electron chi connectivity index (χ4n) is 2.87. The number of nitrogens with two attached hydrogens (primary N) is 1. The molecule has 1 aliphatic carbocycles. The quantitative estimate of drug-likeness (QED) is 0.725. The van der Waals surface area contributed by atoms with Crippen molar-refractivity contribution >= 4 is 0 Å². The fraction of sp³-hybridized carbons (Fsp3) is 1.00. The van der Waals surface area contributed by atoms with Gasteiger partial charge in [-0.2, -0.15) is 0 Å². The van der Waals surface area contributed by atoms with Crippen LogP contribution in [0.2, 0.25) is 0 Å². The van der Waals surface area contributed by atoms with Gasteiger partial charge in [0.15, 0.2) is 0 Å². The van der Waals surface area contributed by atoms with Crippen LogP contribution in [0.15, 0.2) is 0 Å². The standard InChI is InChI=1S/C10H18F2N2.2C2H6/c1-14-4-2-9(3-5-14)7-10(11,12)6-8(9)13;2*1-2/h8H,2-7,13H2,1H3;2*1-2H3/t8-;;/m1../s1. The Bertz CT molecular complexity index is 224. The number of likely N-dealkylation sites (tertiary alicyclic amines) is 1. The van der Waals surface area contributed by atoms with Gasteiger partial charge in [-0.25, -0.2) is 8.78 Å². The molecule has 0 aromatic carbocycles. The fourth-order valence-corrected chi connectivity index (χ4v) is 2.87. The van der Waals surface area contributed by atoms with E-state index in [0.717, 1.165) is 25.9 Å². The molecule has 1 atom stereocenters. The van der Waals surface area contributed by atoms with Gasteiger partial charge >= 0.3 is 0 Å². The second-order valence-electron chi connectivity index (χ2n) is 5.01. The summed E-state index contributed by atoms with van der Waals surface area (Å²) in [5.74, 6) is -2.52. The van der Waals surface area contributed by atoms with Crippen molar-refractivity contribution in [1.29, 1.82) is 0 Å². The summed E-state index contributed by atoms with van der Waals surface area (Å²) >= 11 is 0. The summed E-state index contributed by atoms with van der Waals surface area (Å²) in [6.45, 7) is 9.81. The molecule has 2 fully saturated rings. The van der Waals surface area contributed by atoms with Crippen LogP contribution < -0.4 is 5.73 Å². The maximum absolute atomic E-state index is 13.2. The summed E-state index contributed by atoms with van der Waals surface area (Å²) in [5.41, 5.74) is 5.60.